The van der Waals surface area contributed by atoms with Gasteiger partial charge in [0, 0.05) is 11.4 Å². The second-order valence-corrected chi connectivity index (χ2v) is 6.09. The minimum Gasteiger partial charge on any atom is -0.483 e. The predicted molar refractivity (Wildman–Crippen MR) is 100 cm³/mol. The van der Waals surface area contributed by atoms with Crippen molar-refractivity contribution in [3.8, 4) is 11.8 Å². The molecule has 0 bridgehead atoms. The topological polar surface area (TPSA) is 74.2 Å². The van der Waals surface area contributed by atoms with Crippen LogP contribution in [0, 0.1) is 18.3 Å². The van der Waals surface area contributed by atoms with Crippen LogP contribution in [0.15, 0.2) is 36.4 Å². The van der Waals surface area contributed by atoms with Gasteiger partial charge in [0.15, 0.2) is 6.61 Å². The average Bonchev–Trinajstić information content (AvgIpc) is 2.65. The molecule has 2 rings (SSSR count). The molecule has 28 heavy (non-hydrogen) atoms. The summed E-state index contributed by atoms with van der Waals surface area (Å²) < 4.78 is 41.4. The molecule has 0 aromatic heterocycles. The van der Waals surface area contributed by atoms with Crippen molar-refractivity contribution >= 4 is 17.3 Å². The van der Waals surface area contributed by atoms with Crippen LogP contribution in [0.25, 0.3) is 0 Å². The zero-order chi connectivity index (χ0) is 20.7. The van der Waals surface area contributed by atoms with E-state index >= 15 is 0 Å². The molecule has 1 amide bonds. The van der Waals surface area contributed by atoms with Crippen molar-refractivity contribution in [1.29, 1.82) is 5.26 Å². The maximum atomic E-state index is 12.3. The highest BCUT2D eigenvalue weighted by Gasteiger charge is 2.28. The number of benzene rings is 2. The maximum absolute atomic E-state index is 12.3. The van der Waals surface area contributed by atoms with Gasteiger partial charge in [0.2, 0.25) is 5.91 Å². The molecule has 148 valence electrons. The Bertz CT molecular complexity index is 889. The van der Waals surface area contributed by atoms with Gasteiger partial charge in [-0.1, -0.05) is 25.1 Å². The lowest BCUT2D eigenvalue weighted by atomic mass is 10.1. The SMILES string of the molecule is CCc1cccc(C)c1NC(=O)CNc1ccc(OCC(F)(F)F)c(C#N)c1. The third-order valence-electron chi connectivity index (χ3n) is 3.95. The van der Waals surface area contributed by atoms with E-state index in [1.165, 1.54) is 18.2 Å². The van der Waals surface area contributed by atoms with E-state index in [0.717, 1.165) is 23.2 Å². The number of halogens is 3. The average molecular weight is 391 g/mol. The number of carbonyl (C=O) groups excluding carboxylic acids is 1. The molecule has 0 aliphatic rings. The van der Waals surface area contributed by atoms with Gasteiger partial charge in [0.25, 0.3) is 0 Å². The number of nitriles is 1. The minimum absolute atomic E-state index is 0.0539. The summed E-state index contributed by atoms with van der Waals surface area (Å²) in [6, 6.07) is 11.6. The van der Waals surface area contributed by atoms with Crippen LogP contribution in [0.4, 0.5) is 24.5 Å². The van der Waals surface area contributed by atoms with Crippen molar-refractivity contribution in [1.82, 2.24) is 0 Å². The van der Waals surface area contributed by atoms with E-state index in [9.17, 15) is 18.0 Å². The molecule has 0 unspecified atom stereocenters. The lowest BCUT2D eigenvalue weighted by Gasteiger charge is -2.14. The number of aryl methyl sites for hydroxylation is 2. The Morgan fingerprint density at radius 2 is 2.00 bits per heavy atom. The van der Waals surface area contributed by atoms with Crippen LogP contribution in [-0.4, -0.2) is 25.2 Å². The number of nitrogens with one attached hydrogen (secondary N) is 2. The number of carbonyl (C=O) groups is 1. The first-order chi connectivity index (χ1) is 13.2. The van der Waals surface area contributed by atoms with E-state index in [0.29, 0.717) is 5.69 Å². The lowest BCUT2D eigenvalue weighted by molar-refractivity contribution is -0.153. The van der Waals surface area contributed by atoms with Gasteiger partial charge in [-0.15, -0.1) is 0 Å². The van der Waals surface area contributed by atoms with Gasteiger partial charge in [0.1, 0.15) is 11.8 Å². The molecule has 0 atom stereocenters. The molecule has 2 N–H and O–H groups in total. The Morgan fingerprint density at radius 1 is 1.25 bits per heavy atom. The van der Waals surface area contributed by atoms with Crippen molar-refractivity contribution < 1.29 is 22.7 Å². The van der Waals surface area contributed by atoms with E-state index in [2.05, 4.69) is 15.4 Å². The second-order valence-electron chi connectivity index (χ2n) is 6.09. The van der Waals surface area contributed by atoms with Gasteiger partial charge in [-0.05, 0) is 42.7 Å². The van der Waals surface area contributed by atoms with Gasteiger partial charge >= 0.3 is 6.18 Å². The van der Waals surface area contributed by atoms with Crippen molar-refractivity contribution in [3.05, 3.63) is 53.1 Å². The van der Waals surface area contributed by atoms with Gasteiger partial charge in [-0.2, -0.15) is 18.4 Å². The van der Waals surface area contributed by atoms with Crippen LogP contribution in [0.1, 0.15) is 23.6 Å². The van der Waals surface area contributed by atoms with Gasteiger partial charge in [-0.25, -0.2) is 0 Å². The summed E-state index contributed by atoms with van der Waals surface area (Å²) in [6.07, 6.45) is -3.72. The molecule has 8 heteroatoms. The molecule has 5 nitrogen and oxygen atoms in total. The molecule has 0 radical (unpaired) electrons. The Hall–Kier alpha value is -3.21. The Labute approximate surface area is 161 Å². The Morgan fingerprint density at radius 3 is 2.64 bits per heavy atom. The number of hydrogen-bond donors (Lipinski definition) is 2. The normalized spacial score (nSPS) is 10.9. The van der Waals surface area contributed by atoms with Crippen molar-refractivity contribution in [2.75, 3.05) is 23.8 Å². The molecule has 0 heterocycles. The first kappa shape index (κ1) is 21.1. The number of hydrogen-bond acceptors (Lipinski definition) is 4. The van der Waals surface area contributed by atoms with E-state index in [1.807, 2.05) is 32.0 Å². The second kappa shape index (κ2) is 9.13. The van der Waals surface area contributed by atoms with Crippen LogP contribution in [0.3, 0.4) is 0 Å². The molecule has 0 saturated heterocycles. The largest absolute Gasteiger partial charge is 0.483 e. The number of para-hydroxylation sites is 1. The summed E-state index contributed by atoms with van der Waals surface area (Å²) in [6.45, 7) is 2.35. The zero-order valence-electron chi connectivity index (χ0n) is 15.5. The summed E-state index contributed by atoms with van der Waals surface area (Å²) in [4.78, 5) is 12.3. The first-order valence-corrected chi connectivity index (χ1v) is 8.59. The number of nitrogens with zero attached hydrogens (tertiary/aromatic N) is 1. The van der Waals surface area contributed by atoms with Crippen LogP contribution in [-0.2, 0) is 11.2 Å². The third kappa shape index (κ3) is 5.91. The zero-order valence-corrected chi connectivity index (χ0v) is 15.5. The molecular formula is C20H20F3N3O2. The molecule has 2 aromatic carbocycles. The van der Waals surface area contributed by atoms with E-state index in [4.69, 9.17) is 5.26 Å². The van der Waals surface area contributed by atoms with E-state index in [-0.39, 0.29) is 23.8 Å². The molecule has 0 aliphatic heterocycles. The van der Waals surface area contributed by atoms with Crippen molar-refractivity contribution in [2.24, 2.45) is 0 Å². The summed E-state index contributed by atoms with van der Waals surface area (Å²) in [5, 5.41) is 14.8. The monoisotopic (exact) mass is 391 g/mol. The smallest absolute Gasteiger partial charge is 0.422 e. The Balaban J connectivity index is 2.01. The molecule has 0 spiro atoms. The Kier molecular flexibility index (Phi) is 6.88. The van der Waals surface area contributed by atoms with Crippen LogP contribution >= 0.6 is 0 Å². The number of anilines is 2. The predicted octanol–water partition coefficient (Wildman–Crippen LogP) is 4.42. The number of ether oxygens (including phenoxy) is 1. The summed E-state index contributed by atoms with van der Waals surface area (Å²) in [5.41, 5.74) is 3.11. The molecule has 0 saturated carbocycles. The summed E-state index contributed by atoms with van der Waals surface area (Å²) in [7, 11) is 0. The fourth-order valence-electron chi connectivity index (χ4n) is 2.58. The molecule has 0 aliphatic carbocycles. The highest BCUT2D eigenvalue weighted by Crippen LogP contribution is 2.25. The number of alkyl halides is 3. The van der Waals surface area contributed by atoms with Crippen LogP contribution in [0.5, 0.6) is 5.75 Å². The van der Waals surface area contributed by atoms with Crippen molar-refractivity contribution in [2.45, 2.75) is 26.4 Å². The standard InChI is InChI=1S/C20H20F3N3O2/c1-3-14-6-4-5-13(2)19(14)26-18(27)11-25-16-7-8-17(15(9-16)10-24)28-12-20(21,22)23/h4-9,25H,3,11-12H2,1-2H3,(H,26,27). The molecule has 0 fully saturated rings. The highest BCUT2D eigenvalue weighted by molar-refractivity contribution is 5.95. The summed E-state index contributed by atoms with van der Waals surface area (Å²) in [5.74, 6) is -0.442. The molecular weight excluding hydrogens is 371 g/mol. The van der Waals surface area contributed by atoms with E-state index < -0.39 is 12.8 Å². The van der Waals surface area contributed by atoms with E-state index in [1.54, 1.807) is 6.07 Å². The van der Waals surface area contributed by atoms with Gasteiger partial charge < -0.3 is 15.4 Å². The third-order valence-corrected chi connectivity index (χ3v) is 3.95. The number of rotatable bonds is 7. The van der Waals surface area contributed by atoms with Gasteiger partial charge in [-0.3, -0.25) is 4.79 Å². The minimum atomic E-state index is -4.49. The maximum Gasteiger partial charge on any atom is 0.422 e. The summed E-state index contributed by atoms with van der Waals surface area (Å²) >= 11 is 0. The van der Waals surface area contributed by atoms with Crippen LogP contribution in [0.2, 0.25) is 0 Å². The molecule has 2 aromatic rings. The fourth-order valence-corrected chi connectivity index (χ4v) is 2.58. The lowest BCUT2D eigenvalue weighted by Crippen LogP contribution is -2.23. The van der Waals surface area contributed by atoms with Gasteiger partial charge in [0.05, 0.1) is 12.1 Å². The number of amides is 1. The fraction of sp³-hybridized carbons (Fsp3) is 0.300. The first-order valence-electron chi connectivity index (χ1n) is 8.59. The van der Waals surface area contributed by atoms with Crippen molar-refractivity contribution in [3.63, 3.8) is 0 Å². The van der Waals surface area contributed by atoms with Crippen LogP contribution < -0.4 is 15.4 Å². The highest BCUT2D eigenvalue weighted by atomic mass is 19.4. The quantitative estimate of drug-likeness (QED) is 0.733.